The maximum Gasteiger partial charge on any atom is 0.315 e. The Kier molecular flexibility index (Phi) is 8.28. The zero-order valence-electron chi connectivity index (χ0n) is 14.6. The zero-order valence-corrected chi connectivity index (χ0v) is 15.4. The summed E-state index contributed by atoms with van der Waals surface area (Å²) in [6.45, 7) is 3.05. The molecule has 0 spiro atoms. The molecule has 0 aliphatic heterocycles. The molecule has 1 aromatic carbocycles. The number of carbonyl (C=O) groups is 1. The molecule has 0 unspecified atom stereocenters. The fraction of sp³-hybridized carbons (Fsp3) is 0.368. The summed E-state index contributed by atoms with van der Waals surface area (Å²) in [4.78, 5) is 15.5. The lowest BCUT2D eigenvalue weighted by molar-refractivity contribution is -0.137. The van der Waals surface area contributed by atoms with Crippen molar-refractivity contribution in [1.29, 1.82) is 0 Å². The van der Waals surface area contributed by atoms with E-state index in [0.29, 0.717) is 31.3 Å². The lowest BCUT2D eigenvalue weighted by atomic mass is 10.2. The fourth-order valence-electron chi connectivity index (χ4n) is 2.09. The number of ether oxygens (including phenoxy) is 2. The molecule has 0 bridgehead atoms. The molecular weight excluding hydrogens is 338 g/mol. The lowest BCUT2D eigenvalue weighted by Gasteiger charge is -1.99. The Balaban J connectivity index is 1.65. The summed E-state index contributed by atoms with van der Waals surface area (Å²) in [6.07, 6.45) is 4.66. The molecule has 0 atom stereocenters. The van der Waals surface area contributed by atoms with Gasteiger partial charge in [0.05, 0.1) is 31.8 Å². The van der Waals surface area contributed by atoms with Gasteiger partial charge in [0, 0.05) is 17.7 Å². The molecule has 5 nitrogen and oxygen atoms in total. The van der Waals surface area contributed by atoms with Gasteiger partial charge in [0.25, 0.3) is 0 Å². The van der Waals surface area contributed by atoms with Crippen molar-refractivity contribution in [3.63, 3.8) is 0 Å². The minimum Gasteiger partial charge on any atom is -0.468 e. The van der Waals surface area contributed by atoms with Crippen LogP contribution < -0.4 is 0 Å². The Morgan fingerprint density at radius 2 is 2.08 bits per heavy atom. The minimum absolute atomic E-state index is 0.201. The molecule has 1 heterocycles. The summed E-state index contributed by atoms with van der Waals surface area (Å²) in [7, 11) is 1.39. The average Bonchev–Trinajstić information content (AvgIpc) is 3.01. The highest BCUT2D eigenvalue weighted by atomic mass is 32.2. The van der Waals surface area contributed by atoms with Crippen molar-refractivity contribution in [3.05, 3.63) is 53.9 Å². The van der Waals surface area contributed by atoms with Crippen molar-refractivity contribution in [2.75, 3.05) is 31.8 Å². The van der Waals surface area contributed by atoms with Crippen LogP contribution in [0.15, 0.2) is 46.9 Å². The van der Waals surface area contributed by atoms with Gasteiger partial charge in [-0.3, -0.25) is 4.79 Å². The molecule has 0 saturated heterocycles. The largest absolute Gasteiger partial charge is 0.468 e. The van der Waals surface area contributed by atoms with E-state index < -0.39 is 0 Å². The van der Waals surface area contributed by atoms with Gasteiger partial charge >= 0.3 is 5.97 Å². The topological polar surface area (TPSA) is 61.6 Å². The summed E-state index contributed by atoms with van der Waals surface area (Å²) in [5.74, 6) is 2.42. The third-order valence-electron chi connectivity index (χ3n) is 3.44. The molecule has 2 rings (SSSR count). The summed E-state index contributed by atoms with van der Waals surface area (Å²) in [5.41, 5.74) is 1.90. The quantitative estimate of drug-likeness (QED) is 0.365. The highest BCUT2D eigenvalue weighted by molar-refractivity contribution is 8.00. The van der Waals surface area contributed by atoms with Crippen LogP contribution in [0.1, 0.15) is 11.5 Å². The normalized spacial score (nSPS) is 11.1. The van der Waals surface area contributed by atoms with E-state index in [1.165, 1.54) is 18.9 Å². The number of carbonyl (C=O) groups excluding carboxylic acids is 1. The van der Waals surface area contributed by atoms with Gasteiger partial charge in [-0.05, 0) is 19.1 Å². The van der Waals surface area contributed by atoms with Crippen molar-refractivity contribution in [3.8, 4) is 11.5 Å². The predicted molar refractivity (Wildman–Crippen MR) is 99.7 cm³/mol. The van der Waals surface area contributed by atoms with Crippen molar-refractivity contribution in [2.45, 2.75) is 13.3 Å². The molecule has 0 N–H and O–H groups in total. The second-order valence-corrected chi connectivity index (χ2v) is 6.31. The van der Waals surface area contributed by atoms with Crippen LogP contribution in [0.3, 0.4) is 0 Å². The number of oxazole rings is 1. The third-order valence-corrected chi connectivity index (χ3v) is 4.31. The molecule has 0 amide bonds. The van der Waals surface area contributed by atoms with Crippen LogP contribution in [0.2, 0.25) is 0 Å². The molecule has 1 aromatic heterocycles. The minimum atomic E-state index is -0.201. The SMILES string of the molecule is COC(=O)CSC/C=C\COCCc1nc(-c2ccccc2)oc1C. The van der Waals surface area contributed by atoms with Crippen LogP contribution in [-0.4, -0.2) is 42.8 Å². The van der Waals surface area contributed by atoms with Gasteiger partial charge in [-0.15, -0.1) is 11.8 Å². The van der Waals surface area contributed by atoms with Crippen LogP contribution in [0, 0.1) is 6.92 Å². The van der Waals surface area contributed by atoms with Crippen LogP contribution >= 0.6 is 11.8 Å². The van der Waals surface area contributed by atoms with E-state index in [1.54, 1.807) is 0 Å². The van der Waals surface area contributed by atoms with Gasteiger partial charge in [-0.1, -0.05) is 30.4 Å². The number of thioether (sulfide) groups is 1. The highest BCUT2D eigenvalue weighted by Gasteiger charge is 2.10. The number of hydrogen-bond acceptors (Lipinski definition) is 6. The van der Waals surface area contributed by atoms with Crippen molar-refractivity contribution < 1.29 is 18.7 Å². The van der Waals surface area contributed by atoms with Gasteiger partial charge in [0.15, 0.2) is 0 Å². The Morgan fingerprint density at radius 3 is 2.84 bits per heavy atom. The molecule has 0 saturated carbocycles. The third kappa shape index (κ3) is 6.76. The van der Waals surface area contributed by atoms with E-state index in [4.69, 9.17) is 9.15 Å². The number of aromatic nitrogens is 1. The molecule has 0 radical (unpaired) electrons. The smallest absolute Gasteiger partial charge is 0.315 e. The lowest BCUT2D eigenvalue weighted by Crippen LogP contribution is -2.03. The van der Waals surface area contributed by atoms with Gasteiger partial charge in [-0.2, -0.15) is 0 Å². The summed E-state index contributed by atoms with van der Waals surface area (Å²) < 4.78 is 15.9. The summed E-state index contributed by atoms with van der Waals surface area (Å²) >= 11 is 1.51. The Bertz CT molecular complexity index is 682. The maximum absolute atomic E-state index is 10.9. The Labute approximate surface area is 152 Å². The van der Waals surface area contributed by atoms with Gasteiger partial charge in [0.2, 0.25) is 5.89 Å². The number of nitrogens with zero attached hydrogens (tertiary/aromatic N) is 1. The molecule has 6 heteroatoms. The molecule has 2 aromatic rings. The van der Waals surface area contributed by atoms with Crippen LogP contribution in [-0.2, 0) is 20.7 Å². The van der Waals surface area contributed by atoms with E-state index in [9.17, 15) is 4.79 Å². The number of hydrogen-bond donors (Lipinski definition) is 0. The van der Waals surface area contributed by atoms with E-state index >= 15 is 0 Å². The molecule has 0 aliphatic rings. The zero-order chi connectivity index (χ0) is 17.9. The summed E-state index contributed by atoms with van der Waals surface area (Å²) in [5, 5.41) is 0. The average molecular weight is 361 g/mol. The second-order valence-electron chi connectivity index (χ2n) is 5.28. The van der Waals surface area contributed by atoms with Gasteiger partial charge in [-0.25, -0.2) is 4.98 Å². The number of aryl methyl sites for hydroxylation is 1. The number of rotatable bonds is 10. The van der Waals surface area contributed by atoms with E-state index in [0.717, 1.165) is 22.8 Å². The highest BCUT2D eigenvalue weighted by Crippen LogP contribution is 2.21. The molecule has 25 heavy (non-hydrogen) atoms. The van der Waals surface area contributed by atoms with E-state index in [1.807, 2.05) is 49.4 Å². The molecule has 0 aliphatic carbocycles. The Hall–Kier alpha value is -2.05. The van der Waals surface area contributed by atoms with Gasteiger partial charge in [0.1, 0.15) is 5.76 Å². The predicted octanol–water partition coefficient (Wildman–Crippen LogP) is 3.67. The second kappa shape index (κ2) is 10.7. The molecule has 0 fully saturated rings. The van der Waals surface area contributed by atoms with Crippen molar-refractivity contribution in [2.24, 2.45) is 0 Å². The first-order valence-corrected chi connectivity index (χ1v) is 9.25. The maximum atomic E-state index is 10.9. The van der Waals surface area contributed by atoms with E-state index in [2.05, 4.69) is 9.72 Å². The fourth-order valence-corrected chi connectivity index (χ4v) is 2.76. The number of esters is 1. The van der Waals surface area contributed by atoms with E-state index in [-0.39, 0.29) is 5.97 Å². The molecule has 134 valence electrons. The number of methoxy groups -OCH3 is 1. The monoisotopic (exact) mass is 361 g/mol. The Morgan fingerprint density at radius 1 is 1.28 bits per heavy atom. The van der Waals surface area contributed by atoms with Crippen LogP contribution in [0.5, 0.6) is 0 Å². The van der Waals surface area contributed by atoms with Crippen molar-refractivity contribution in [1.82, 2.24) is 4.98 Å². The molecular formula is C19H23NO4S. The number of benzene rings is 1. The van der Waals surface area contributed by atoms with Crippen LogP contribution in [0.25, 0.3) is 11.5 Å². The van der Waals surface area contributed by atoms with Gasteiger partial charge < -0.3 is 13.9 Å². The standard InChI is InChI=1S/C19H23NO4S/c1-15-17(20-19(24-15)16-8-4-3-5-9-16)10-12-23-11-6-7-13-25-14-18(21)22-2/h3-9H,10-14H2,1-2H3/b7-6-. The summed E-state index contributed by atoms with van der Waals surface area (Å²) in [6, 6.07) is 9.86. The first-order chi connectivity index (χ1) is 12.2. The first kappa shape index (κ1) is 19.3. The first-order valence-electron chi connectivity index (χ1n) is 8.09. The van der Waals surface area contributed by atoms with Crippen molar-refractivity contribution >= 4 is 17.7 Å². The van der Waals surface area contributed by atoms with Crippen LogP contribution in [0.4, 0.5) is 0 Å².